The highest BCUT2D eigenvalue weighted by Crippen LogP contribution is 2.16. The number of nitrogens with zero attached hydrogens (tertiary/aromatic N) is 4. The van der Waals surface area contributed by atoms with Crippen molar-refractivity contribution >= 4 is 29.9 Å². The summed E-state index contributed by atoms with van der Waals surface area (Å²) in [5.74, 6) is 2.51. The lowest BCUT2D eigenvalue weighted by Crippen LogP contribution is -2.42. The molecule has 0 amide bonds. The molecule has 0 spiro atoms. The minimum absolute atomic E-state index is 0. The van der Waals surface area contributed by atoms with Gasteiger partial charge < -0.3 is 15.2 Å². The number of hydrogen-bond acceptors (Lipinski definition) is 2. The summed E-state index contributed by atoms with van der Waals surface area (Å²) >= 11 is 0. The molecule has 0 bridgehead atoms. The Morgan fingerprint density at radius 3 is 2.68 bits per heavy atom. The summed E-state index contributed by atoms with van der Waals surface area (Å²) in [6.45, 7) is 7.84. The highest BCUT2D eigenvalue weighted by molar-refractivity contribution is 14.0. The number of imidazole rings is 1. The van der Waals surface area contributed by atoms with Crippen LogP contribution < -0.4 is 5.73 Å². The second-order valence-corrected chi connectivity index (χ2v) is 6.77. The zero-order chi connectivity index (χ0) is 16.9. The summed E-state index contributed by atoms with van der Waals surface area (Å²) in [5.41, 5.74) is 8.62. The number of nitrogens with two attached hydrogens (primary N) is 1. The Labute approximate surface area is 167 Å². The summed E-state index contributed by atoms with van der Waals surface area (Å²) < 4.78 is 2.14. The highest BCUT2D eigenvalue weighted by atomic mass is 127. The van der Waals surface area contributed by atoms with Gasteiger partial charge in [0.2, 0.25) is 0 Å². The van der Waals surface area contributed by atoms with E-state index in [-0.39, 0.29) is 24.0 Å². The van der Waals surface area contributed by atoms with E-state index in [4.69, 9.17) is 5.73 Å². The van der Waals surface area contributed by atoms with Crippen molar-refractivity contribution in [3.63, 3.8) is 0 Å². The molecule has 5 nitrogen and oxygen atoms in total. The molecule has 3 rings (SSSR count). The number of guanidine groups is 1. The molecule has 0 saturated carbocycles. The van der Waals surface area contributed by atoms with Gasteiger partial charge in [0.1, 0.15) is 5.82 Å². The molecule has 0 unspecified atom stereocenters. The quantitative estimate of drug-likeness (QED) is 0.439. The lowest BCUT2D eigenvalue weighted by atomic mass is 10.00. The topological polar surface area (TPSA) is 59.4 Å². The summed E-state index contributed by atoms with van der Waals surface area (Å²) in [5, 5.41) is 0. The molecular weight excluding hydrogens is 425 g/mol. The van der Waals surface area contributed by atoms with Crippen LogP contribution >= 0.6 is 24.0 Å². The van der Waals surface area contributed by atoms with Crippen molar-refractivity contribution in [2.24, 2.45) is 16.6 Å². The fraction of sp³-hybridized carbons (Fsp3) is 0.474. The third-order valence-electron chi connectivity index (χ3n) is 4.80. The molecule has 2 N–H and O–H groups in total. The van der Waals surface area contributed by atoms with Crippen molar-refractivity contribution in [3.05, 3.63) is 53.6 Å². The van der Waals surface area contributed by atoms with E-state index in [0.717, 1.165) is 31.4 Å². The Bertz CT molecular complexity index is 701. The van der Waals surface area contributed by atoms with Crippen molar-refractivity contribution in [1.82, 2.24) is 14.5 Å². The van der Waals surface area contributed by atoms with Crippen molar-refractivity contribution in [3.8, 4) is 0 Å². The molecule has 136 valence electrons. The van der Waals surface area contributed by atoms with Crippen LogP contribution in [0.1, 0.15) is 36.7 Å². The largest absolute Gasteiger partial charge is 0.370 e. The average molecular weight is 453 g/mol. The highest BCUT2D eigenvalue weighted by Gasteiger charge is 2.16. The maximum Gasteiger partial charge on any atom is 0.191 e. The minimum atomic E-state index is 0. The standard InChI is InChI=1S/C19H27N5.HI/c1-15-6-9-23(10-7-15)19(20)22-13-17-4-3-5-18(12-17)14-24-11-8-21-16(24)2;/h3-5,8,11-12,15H,6-7,9-10,13-14H2,1-2H3,(H2,20,22);1H. The molecule has 0 radical (unpaired) electrons. The summed E-state index contributed by atoms with van der Waals surface area (Å²) in [4.78, 5) is 11.1. The summed E-state index contributed by atoms with van der Waals surface area (Å²) in [6.07, 6.45) is 6.26. The lowest BCUT2D eigenvalue weighted by Gasteiger charge is -2.31. The number of aromatic nitrogens is 2. The Balaban J connectivity index is 0.00000225. The number of aryl methyl sites for hydroxylation is 1. The van der Waals surface area contributed by atoms with Crippen LogP contribution in [0.3, 0.4) is 0 Å². The minimum Gasteiger partial charge on any atom is -0.370 e. The van der Waals surface area contributed by atoms with Crippen LogP contribution in [-0.2, 0) is 13.1 Å². The zero-order valence-electron chi connectivity index (χ0n) is 15.1. The van der Waals surface area contributed by atoms with Crippen LogP contribution in [0.15, 0.2) is 41.7 Å². The second-order valence-electron chi connectivity index (χ2n) is 6.77. The number of likely N-dealkylation sites (tertiary alicyclic amines) is 1. The molecule has 2 aromatic rings. The Morgan fingerprint density at radius 2 is 2.00 bits per heavy atom. The van der Waals surface area contributed by atoms with Crippen LogP contribution in [0.2, 0.25) is 0 Å². The smallest absolute Gasteiger partial charge is 0.191 e. The van der Waals surface area contributed by atoms with Gasteiger partial charge in [0.15, 0.2) is 5.96 Å². The summed E-state index contributed by atoms with van der Waals surface area (Å²) in [7, 11) is 0. The maximum atomic E-state index is 6.17. The molecule has 0 atom stereocenters. The van der Waals surface area contributed by atoms with E-state index in [1.54, 1.807) is 0 Å². The molecule has 1 aliphatic rings. The van der Waals surface area contributed by atoms with E-state index in [0.29, 0.717) is 12.5 Å². The van der Waals surface area contributed by atoms with Gasteiger partial charge in [-0.1, -0.05) is 31.2 Å². The molecule has 1 saturated heterocycles. The van der Waals surface area contributed by atoms with Gasteiger partial charge >= 0.3 is 0 Å². The Morgan fingerprint density at radius 1 is 1.28 bits per heavy atom. The SMILES string of the molecule is Cc1nccn1Cc1cccc(CN=C(N)N2CCC(C)CC2)c1.I. The first-order valence-corrected chi connectivity index (χ1v) is 8.72. The predicted molar refractivity (Wildman–Crippen MR) is 113 cm³/mol. The third kappa shape index (κ3) is 5.45. The van der Waals surface area contributed by atoms with E-state index < -0.39 is 0 Å². The third-order valence-corrected chi connectivity index (χ3v) is 4.80. The van der Waals surface area contributed by atoms with Crippen molar-refractivity contribution < 1.29 is 0 Å². The van der Waals surface area contributed by atoms with Gasteiger partial charge in [0.05, 0.1) is 6.54 Å². The lowest BCUT2D eigenvalue weighted by molar-refractivity contribution is 0.277. The van der Waals surface area contributed by atoms with Crippen LogP contribution in [0.25, 0.3) is 0 Å². The number of benzene rings is 1. The molecule has 1 aromatic heterocycles. The van der Waals surface area contributed by atoms with Gasteiger partial charge in [-0.05, 0) is 36.8 Å². The molecule has 6 heteroatoms. The van der Waals surface area contributed by atoms with E-state index in [2.05, 4.69) is 50.6 Å². The first-order valence-electron chi connectivity index (χ1n) is 8.72. The van der Waals surface area contributed by atoms with Gasteiger partial charge in [-0.25, -0.2) is 9.98 Å². The fourth-order valence-electron chi connectivity index (χ4n) is 3.10. The maximum absolute atomic E-state index is 6.17. The van der Waals surface area contributed by atoms with Gasteiger partial charge in [-0.2, -0.15) is 0 Å². The average Bonchev–Trinajstić information content (AvgIpc) is 2.98. The molecular formula is C19H28IN5. The Kier molecular flexibility index (Phi) is 7.28. The van der Waals surface area contributed by atoms with Crippen LogP contribution in [0.5, 0.6) is 0 Å². The Hall–Kier alpha value is -1.57. The van der Waals surface area contributed by atoms with E-state index in [1.165, 1.54) is 24.0 Å². The number of halogens is 1. The molecule has 25 heavy (non-hydrogen) atoms. The van der Waals surface area contributed by atoms with Gasteiger partial charge in [-0.15, -0.1) is 24.0 Å². The monoisotopic (exact) mass is 453 g/mol. The summed E-state index contributed by atoms with van der Waals surface area (Å²) in [6, 6.07) is 8.54. The number of rotatable bonds is 4. The van der Waals surface area contributed by atoms with Gasteiger partial charge in [0, 0.05) is 32.0 Å². The van der Waals surface area contributed by atoms with Crippen LogP contribution in [-0.4, -0.2) is 33.5 Å². The van der Waals surface area contributed by atoms with E-state index in [1.807, 2.05) is 19.3 Å². The molecule has 0 aliphatic carbocycles. The molecule has 1 aliphatic heterocycles. The molecule has 1 aromatic carbocycles. The zero-order valence-corrected chi connectivity index (χ0v) is 17.4. The van der Waals surface area contributed by atoms with Crippen LogP contribution in [0, 0.1) is 12.8 Å². The first-order chi connectivity index (χ1) is 11.6. The molecule has 2 heterocycles. The number of hydrogen-bond donors (Lipinski definition) is 1. The fourth-order valence-corrected chi connectivity index (χ4v) is 3.10. The predicted octanol–water partition coefficient (Wildman–Crippen LogP) is 3.40. The van der Waals surface area contributed by atoms with E-state index >= 15 is 0 Å². The molecule has 1 fully saturated rings. The van der Waals surface area contributed by atoms with E-state index in [9.17, 15) is 0 Å². The van der Waals surface area contributed by atoms with Crippen molar-refractivity contribution in [1.29, 1.82) is 0 Å². The second kappa shape index (κ2) is 9.22. The number of piperidine rings is 1. The van der Waals surface area contributed by atoms with Crippen molar-refractivity contribution in [2.45, 2.75) is 39.8 Å². The van der Waals surface area contributed by atoms with Gasteiger partial charge in [0.25, 0.3) is 0 Å². The first kappa shape index (κ1) is 19.8. The number of aliphatic imine (C=N–C) groups is 1. The van der Waals surface area contributed by atoms with Crippen molar-refractivity contribution in [2.75, 3.05) is 13.1 Å². The van der Waals surface area contributed by atoms with Gasteiger partial charge in [-0.3, -0.25) is 0 Å². The normalized spacial score (nSPS) is 15.9. The van der Waals surface area contributed by atoms with Crippen LogP contribution in [0.4, 0.5) is 0 Å².